The van der Waals surface area contributed by atoms with Gasteiger partial charge in [-0.05, 0) is 31.2 Å². The molecule has 3 aromatic rings. The van der Waals surface area contributed by atoms with Crippen LogP contribution in [0.4, 0.5) is 0 Å². The van der Waals surface area contributed by atoms with E-state index in [1.165, 1.54) is 31.2 Å². The van der Waals surface area contributed by atoms with E-state index < -0.39 is 90.7 Å². The second kappa shape index (κ2) is 11.6. The van der Waals surface area contributed by atoms with Gasteiger partial charge in [-0.1, -0.05) is 0 Å². The van der Waals surface area contributed by atoms with Gasteiger partial charge >= 0.3 is 0 Å². The van der Waals surface area contributed by atoms with Gasteiger partial charge in [-0.25, -0.2) is 0 Å². The Morgan fingerprint density at radius 1 is 0.762 bits per heavy atom. The van der Waals surface area contributed by atoms with Gasteiger partial charge in [0.25, 0.3) is 0 Å². The number of fused-ring (bicyclic) bond motifs is 1. The van der Waals surface area contributed by atoms with Gasteiger partial charge in [0, 0.05) is 17.7 Å². The first-order valence-corrected chi connectivity index (χ1v) is 12.9. The molecule has 1 aromatic heterocycles. The molecule has 15 heteroatoms. The van der Waals surface area contributed by atoms with Crippen molar-refractivity contribution in [3.8, 4) is 34.3 Å². The number of ether oxygens (including phenoxy) is 4. The zero-order valence-corrected chi connectivity index (χ0v) is 21.9. The molecule has 2 aliphatic heterocycles. The van der Waals surface area contributed by atoms with Crippen LogP contribution in [0.5, 0.6) is 23.0 Å². The molecule has 42 heavy (non-hydrogen) atoms. The van der Waals surface area contributed by atoms with Crippen molar-refractivity contribution in [3.63, 3.8) is 0 Å². The lowest BCUT2D eigenvalue weighted by atomic mass is 9.98. The van der Waals surface area contributed by atoms with E-state index in [2.05, 4.69) is 0 Å². The smallest absolute Gasteiger partial charge is 0.239 e. The molecule has 0 saturated carbocycles. The summed E-state index contributed by atoms with van der Waals surface area (Å²) in [5, 5.41) is 91.4. The number of phenols is 3. The Morgan fingerprint density at radius 3 is 2.10 bits per heavy atom. The van der Waals surface area contributed by atoms with Gasteiger partial charge in [-0.3, -0.25) is 4.79 Å². The van der Waals surface area contributed by atoms with Crippen molar-refractivity contribution in [2.45, 2.75) is 68.3 Å². The predicted molar refractivity (Wildman–Crippen MR) is 139 cm³/mol. The van der Waals surface area contributed by atoms with Crippen molar-refractivity contribution in [2.24, 2.45) is 0 Å². The Hall–Kier alpha value is -3.51. The number of aliphatic hydroxyl groups is 6. The minimum atomic E-state index is -1.92. The molecule has 0 bridgehead atoms. The van der Waals surface area contributed by atoms with Crippen molar-refractivity contribution in [3.05, 3.63) is 46.6 Å². The molecule has 3 heterocycles. The third-order valence-corrected chi connectivity index (χ3v) is 7.18. The molecule has 0 spiro atoms. The van der Waals surface area contributed by atoms with E-state index in [0.717, 1.165) is 12.1 Å². The van der Waals surface area contributed by atoms with Crippen LogP contribution < -0.4 is 10.2 Å². The van der Waals surface area contributed by atoms with Crippen molar-refractivity contribution in [2.75, 3.05) is 6.61 Å². The molecule has 0 radical (unpaired) electrons. The monoisotopic (exact) mass is 594 g/mol. The van der Waals surface area contributed by atoms with Crippen LogP contribution >= 0.6 is 0 Å². The maximum absolute atomic E-state index is 13.5. The number of phenolic OH excluding ortho intramolecular Hbond substituents is 3. The van der Waals surface area contributed by atoms with Gasteiger partial charge < -0.3 is 69.3 Å². The average Bonchev–Trinajstić information content (AvgIpc) is 2.95. The number of hydrogen-bond donors (Lipinski definition) is 9. The van der Waals surface area contributed by atoms with Crippen molar-refractivity contribution >= 4 is 11.0 Å². The van der Waals surface area contributed by atoms with Gasteiger partial charge in [-0.2, -0.15) is 0 Å². The summed E-state index contributed by atoms with van der Waals surface area (Å²) in [5.74, 6) is -1.97. The van der Waals surface area contributed by atoms with Crippen LogP contribution in [0, 0.1) is 0 Å². The van der Waals surface area contributed by atoms with E-state index in [0.29, 0.717) is 0 Å². The van der Waals surface area contributed by atoms with Crippen molar-refractivity contribution in [1.82, 2.24) is 0 Å². The highest BCUT2D eigenvalue weighted by atomic mass is 16.7. The van der Waals surface area contributed by atoms with Gasteiger partial charge in [0.2, 0.25) is 17.5 Å². The predicted octanol–water partition coefficient (Wildman–Crippen LogP) is -1.39. The molecule has 2 fully saturated rings. The summed E-state index contributed by atoms with van der Waals surface area (Å²) in [6, 6.07) is 7.33. The summed E-state index contributed by atoms with van der Waals surface area (Å²) in [7, 11) is 0. The average molecular weight is 595 g/mol. The molecule has 0 amide bonds. The Balaban J connectivity index is 1.46. The SMILES string of the molecule is CC1O[C@@H](OCC2O[C@@H](Oc3c(-c4ccc(O)cc4)oc4cc(O)cc(O)c4c3=O)C(O)C(O)[C@@H]2O)C(O)[C@@H](O)[C@H]1O. The van der Waals surface area contributed by atoms with Gasteiger partial charge in [0.15, 0.2) is 12.1 Å². The fraction of sp³-hybridized carbons (Fsp3) is 0.444. The first-order valence-electron chi connectivity index (χ1n) is 12.9. The van der Waals surface area contributed by atoms with Crippen molar-refractivity contribution < 1.29 is 69.3 Å². The largest absolute Gasteiger partial charge is 0.508 e. The summed E-state index contributed by atoms with van der Waals surface area (Å²) in [6.07, 6.45) is -15.8. The highest BCUT2D eigenvalue weighted by Gasteiger charge is 2.47. The van der Waals surface area contributed by atoms with Crippen LogP contribution in [0.3, 0.4) is 0 Å². The molecule has 2 saturated heterocycles. The molecular formula is C27H30O15. The fourth-order valence-electron chi connectivity index (χ4n) is 4.79. The van der Waals surface area contributed by atoms with Gasteiger partial charge in [-0.15, -0.1) is 0 Å². The zero-order chi connectivity index (χ0) is 30.5. The zero-order valence-electron chi connectivity index (χ0n) is 21.9. The number of benzene rings is 2. The van der Waals surface area contributed by atoms with E-state index in [9.17, 15) is 50.8 Å². The topological polar surface area (TPSA) is 249 Å². The van der Waals surface area contributed by atoms with E-state index in [1.54, 1.807) is 0 Å². The third kappa shape index (κ3) is 5.49. The Bertz CT molecular complexity index is 1470. The first-order chi connectivity index (χ1) is 19.9. The summed E-state index contributed by atoms with van der Waals surface area (Å²) in [5.41, 5.74) is -0.956. The number of aliphatic hydroxyl groups excluding tert-OH is 6. The molecule has 9 N–H and O–H groups in total. The maximum atomic E-state index is 13.5. The van der Waals surface area contributed by atoms with E-state index in [4.69, 9.17) is 23.4 Å². The Morgan fingerprint density at radius 2 is 1.40 bits per heavy atom. The standard InChI is InChI=1S/C27H30O15/c1-9-17(31)20(34)22(36)26(39-9)38-8-15-18(32)21(35)23(37)27(41-15)42-25-19(33)16-13(30)6-12(29)7-14(16)40-24(25)10-2-4-11(28)5-3-10/h2-7,9,15,17-18,20-23,26-32,34-37H,8H2,1H3/t9?,15?,17-,18+,20-,21?,22?,23?,26+,27-/m0/s1. The van der Waals surface area contributed by atoms with Crippen LogP contribution in [0.2, 0.25) is 0 Å². The van der Waals surface area contributed by atoms with Crippen LogP contribution in [-0.4, -0.2) is 114 Å². The number of hydrogen-bond acceptors (Lipinski definition) is 15. The second-order valence-corrected chi connectivity index (χ2v) is 10.1. The minimum Gasteiger partial charge on any atom is -0.508 e. The minimum absolute atomic E-state index is 0.103. The highest BCUT2D eigenvalue weighted by Crippen LogP contribution is 2.37. The lowest BCUT2D eigenvalue weighted by Crippen LogP contribution is -2.61. The van der Waals surface area contributed by atoms with Crippen LogP contribution in [0.15, 0.2) is 45.6 Å². The lowest BCUT2D eigenvalue weighted by molar-refractivity contribution is -0.318. The molecule has 15 nitrogen and oxygen atoms in total. The number of aromatic hydroxyl groups is 3. The molecule has 228 valence electrons. The van der Waals surface area contributed by atoms with Crippen LogP contribution in [-0.2, 0) is 14.2 Å². The molecule has 5 rings (SSSR count). The highest BCUT2D eigenvalue weighted by molar-refractivity contribution is 5.88. The van der Waals surface area contributed by atoms with Gasteiger partial charge in [0.1, 0.15) is 70.9 Å². The van der Waals surface area contributed by atoms with E-state index in [-0.39, 0.29) is 28.0 Å². The third-order valence-electron chi connectivity index (χ3n) is 7.18. The quantitative estimate of drug-likeness (QED) is 0.159. The summed E-state index contributed by atoms with van der Waals surface area (Å²) >= 11 is 0. The Labute approximate surface area is 236 Å². The van der Waals surface area contributed by atoms with Gasteiger partial charge in [0.05, 0.1) is 12.7 Å². The summed E-state index contributed by atoms with van der Waals surface area (Å²) in [6.45, 7) is 0.866. The molecule has 10 atom stereocenters. The van der Waals surface area contributed by atoms with E-state index in [1.807, 2.05) is 0 Å². The maximum Gasteiger partial charge on any atom is 0.239 e. The molecule has 2 aromatic carbocycles. The normalized spacial score (nSPS) is 33.5. The van der Waals surface area contributed by atoms with E-state index >= 15 is 0 Å². The summed E-state index contributed by atoms with van der Waals surface area (Å²) in [4.78, 5) is 13.5. The number of rotatable bonds is 6. The Kier molecular flexibility index (Phi) is 8.30. The van der Waals surface area contributed by atoms with Crippen LogP contribution in [0.25, 0.3) is 22.3 Å². The summed E-state index contributed by atoms with van der Waals surface area (Å²) < 4.78 is 28.0. The lowest BCUT2D eigenvalue weighted by Gasteiger charge is -2.42. The molecule has 0 aliphatic carbocycles. The second-order valence-electron chi connectivity index (χ2n) is 10.1. The molecule has 2 aliphatic rings. The molecular weight excluding hydrogens is 564 g/mol. The van der Waals surface area contributed by atoms with Crippen LogP contribution in [0.1, 0.15) is 6.92 Å². The molecule has 5 unspecified atom stereocenters. The first kappa shape index (κ1) is 30.0. The van der Waals surface area contributed by atoms with Crippen molar-refractivity contribution in [1.29, 1.82) is 0 Å². The fourth-order valence-corrected chi connectivity index (χ4v) is 4.79.